The maximum Gasteiger partial charge on any atom is 0.204 e. The van der Waals surface area contributed by atoms with Gasteiger partial charge in [0.05, 0.1) is 5.69 Å². The Kier molecular flexibility index (Phi) is 6.83. The van der Waals surface area contributed by atoms with Crippen LogP contribution in [0.2, 0.25) is 0 Å². The van der Waals surface area contributed by atoms with Crippen LogP contribution in [-0.2, 0) is 0 Å². The molecule has 20 heavy (non-hydrogen) atoms. The topological polar surface area (TPSA) is 23.6 Å². The zero-order valence-electron chi connectivity index (χ0n) is 13.5. The lowest BCUT2D eigenvalue weighted by Crippen LogP contribution is -2.31. The monoisotopic (exact) mass is 296 g/mol. The molecule has 114 valence electrons. The van der Waals surface area contributed by atoms with Crippen LogP contribution in [0.25, 0.3) is 0 Å². The molecule has 0 unspecified atom stereocenters. The first-order chi connectivity index (χ1) is 9.43. The number of anilines is 1. The minimum Gasteiger partial charge on any atom is -0.373 e. The molecule has 0 aliphatic rings. The lowest BCUT2D eigenvalue weighted by molar-refractivity contribution is 0.297. The zero-order chi connectivity index (χ0) is 15.3. The fourth-order valence-corrected chi connectivity index (χ4v) is 3.02. The molecule has 0 atom stereocenters. The Morgan fingerprint density at radius 2 is 1.65 bits per heavy atom. The molecule has 0 amide bonds. The standard InChI is InChI=1S/C16H28N2OS/c1-6-18(7-2)11-9-8-10-17(5)14-13(12(3)4)15(19)16(14)20/h12H,6-11H2,1-5H3. The van der Waals surface area contributed by atoms with Gasteiger partial charge in [0.15, 0.2) is 0 Å². The van der Waals surface area contributed by atoms with E-state index in [2.05, 4.69) is 37.5 Å². The maximum absolute atomic E-state index is 11.8. The Labute approximate surface area is 128 Å². The first-order valence-electron chi connectivity index (χ1n) is 7.70. The molecule has 0 aliphatic heterocycles. The van der Waals surface area contributed by atoms with Crippen molar-refractivity contribution in [3.8, 4) is 0 Å². The van der Waals surface area contributed by atoms with Crippen LogP contribution in [0.5, 0.6) is 0 Å². The van der Waals surface area contributed by atoms with E-state index in [0.717, 1.165) is 43.9 Å². The molecular formula is C16H28N2OS. The summed E-state index contributed by atoms with van der Waals surface area (Å²) >= 11 is 5.20. The molecular weight excluding hydrogens is 268 g/mol. The van der Waals surface area contributed by atoms with Gasteiger partial charge in [0.2, 0.25) is 5.43 Å². The molecule has 0 N–H and O–H groups in total. The highest BCUT2D eigenvalue weighted by molar-refractivity contribution is 7.71. The van der Waals surface area contributed by atoms with Crippen molar-refractivity contribution >= 4 is 17.9 Å². The average Bonchev–Trinajstić information content (AvgIpc) is 2.42. The van der Waals surface area contributed by atoms with E-state index in [1.54, 1.807) is 0 Å². The lowest BCUT2D eigenvalue weighted by atomic mass is 9.95. The number of nitrogens with zero attached hydrogens (tertiary/aromatic N) is 2. The maximum atomic E-state index is 11.8. The third-order valence-corrected chi connectivity index (χ3v) is 4.37. The number of rotatable bonds is 9. The van der Waals surface area contributed by atoms with Crippen molar-refractivity contribution in [2.75, 3.05) is 38.1 Å². The molecule has 0 heterocycles. The third-order valence-electron chi connectivity index (χ3n) is 3.99. The second-order valence-electron chi connectivity index (χ2n) is 5.73. The molecule has 0 spiro atoms. The summed E-state index contributed by atoms with van der Waals surface area (Å²) in [6.07, 6.45) is 2.33. The van der Waals surface area contributed by atoms with Crippen LogP contribution in [0.1, 0.15) is 52.0 Å². The van der Waals surface area contributed by atoms with Crippen LogP contribution >= 0.6 is 12.2 Å². The van der Waals surface area contributed by atoms with E-state index in [9.17, 15) is 4.79 Å². The quantitative estimate of drug-likeness (QED) is 0.515. The van der Waals surface area contributed by atoms with Gasteiger partial charge in [-0.15, -0.1) is 0 Å². The van der Waals surface area contributed by atoms with Crippen molar-refractivity contribution in [3.05, 3.63) is 20.3 Å². The van der Waals surface area contributed by atoms with Crippen molar-refractivity contribution in [1.82, 2.24) is 4.90 Å². The van der Waals surface area contributed by atoms with Crippen LogP contribution in [-0.4, -0.2) is 38.1 Å². The summed E-state index contributed by atoms with van der Waals surface area (Å²) in [5.74, 6) is 0.266. The van der Waals surface area contributed by atoms with E-state index >= 15 is 0 Å². The van der Waals surface area contributed by atoms with Crippen LogP contribution in [0, 0.1) is 4.51 Å². The number of hydrogen-bond donors (Lipinski definition) is 0. The van der Waals surface area contributed by atoms with Gasteiger partial charge in [-0.1, -0.05) is 39.9 Å². The third kappa shape index (κ3) is 3.89. The molecule has 0 saturated carbocycles. The van der Waals surface area contributed by atoms with Gasteiger partial charge in [-0.3, -0.25) is 4.79 Å². The Balaban J connectivity index is 2.48. The number of unbranched alkanes of at least 4 members (excludes halogenated alkanes) is 1. The Morgan fingerprint density at radius 3 is 2.15 bits per heavy atom. The highest BCUT2D eigenvalue weighted by Crippen LogP contribution is 2.28. The van der Waals surface area contributed by atoms with Gasteiger partial charge < -0.3 is 9.80 Å². The summed E-state index contributed by atoms with van der Waals surface area (Å²) in [7, 11) is 2.05. The van der Waals surface area contributed by atoms with Crippen LogP contribution in [0.15, 0.2) is 4.79 Å². The SMILES string of the molecule is CCN(CC)CCCCN(C)c1c(C(C)C)c(=O)c1=S. The van der Waals surface area contributed by atoms with Gasteiger partial charge in [0.1, 0.15) is 4.51 Å². The minimum atomic E-state index is 0.0833. The van der Waals surface area contributed by atoms with E-state index in [0.29, 0.717) is 4.51 Å². The molecule has 1 rings (SSSR count). The normalized spacial score (nSPS) is 11.8. The van der Waals surface area contributed by atoms with Crippen LogP contribution < -0.4 is 10.3 Å². The summed E-state index contributed by atoms with van der Waals surface area (Å²) in [4.78, 5) is 16.4. The summed E-state index contributed by atoms with van der Waals surface area (Å²) < 4.78 is 0.528. The molecule has 4 heteroatoms. The van der Waals surface area contributed by atoms with Gasteiger partial charge in [0.25, 0.3) is 0 Å². The predicted molar refractivity (Wildman–Crippen MR) is 90.3 cm³/mol. The summed E-state index contributed by atoms with van der Waals surface area (Å²) in [5.41, 5.74) is 2.02. The first kappa shape index (κ1) is 17.3. The van der Waals surface area contributed by atoms with E-state index in [1.165, 1.54) is 6.42 Å². The fraction of sp³-hybridized carbons (Fsp3) is 0.750. The van der Waals surface area contributed by atoms with Crippen molar-refractivity contribution in [2.24, 2.45) is 0 Å². The molecule has 0 aliphatic carbocycles. The largest absolute Gasteiger partial charge is 0.373 e. The van der Waals surface area contributed by atoms with Crippen molar-refractivity contribution < 1.29 is 0 Å². The van der Waals surface area contributed by atoms with Crippen molar-refractivity contribution in [3.63, 3.8) is 0 Å². The van der Waals surface area contributed by atoms with Crippen molar-refractivity contribution in [1.29, 1.82) is 0 Å². The Morgan fingerprint density at radius 1 is 1.10 bits per heavy atom. The highest BCUT2D eigenvalue weighted by Gasteiger charge is 2.22. The predicted octanol–water partition coefficient (Wildman–Crippen LogP) is 3.33. The molecule has 0 fully saturated rings. The molecule has 0 aromatic heterocycles. The highest BCUT2D eigenvalue weighted by atomic mass is 32.1. The molecule has 0 bridgehead atoms. The Hall–Kier alpha value is -0.740. The minimum absolute atomic E-state index is 0.0833. The van der Waals surface area contributed by atoms with E-state index in [-0.39, 0.29) is 11.3 Å². The molecule has 1 aromatic rings. The number of hydrogen-bond acceptors (Lipinski definition) is 4. The van der Waals surface area contributed by atoms with Gasteiger partial charge in [-0.2, -0.15) is 0 Å². The summed E-state index contributed by atoms with van der Waals surface area (Å²) in [6, 6.07) is 0. The lowest BCUT2D eigenvalue weighted by Gasteiger charge is -2.26. The van der Waals surface area contributed by atoms with Crippen LogP contribution in [0.3, 0.4) is 0 Å². The second-order valence-corrected chi connectivity index (χ2v) is 6.14. The Bertz CT molecular complexity index is 485. The average molecular weight is 296 g/mol. The summed E-state index contributed by atoms with van der Waals surface area (Å²) in [5, 5.41) is 0. The molecule has 0 saturated heterocycles. The van der Waals surface area contributed by atoms with E-state index in [4.69, 9.17) is 12.2 Å². The molecule has 0 radical (unpaired) electrons. The summed E-state index contributed by atoms with van der Waals surface area (Å²) in [6.45, 7) is 12.9. The van der Waals surface area contributed by atoms with Gasteiger partial charge in [-0.25, -0.2) is 0 Å². The zero-order valence-corrected chi connectivity index (χ0v) is 14.3. The van der Waals surface area contributed by atoms with E-state index in [1.807, 2.05) is 7.05 Å². The van der Waals surface area contributed by atoms with Gasteiger partial charge in [-0.05, 0) is 38.4 Å². The fourth-order valence-electron chi connectivity index (χ4n) is 2.65. The second kappa shape index (κ2) is 7.89. The molecule has 1 aromatic carbocycles. The molecule has 3 nitrogen and oxygen atoms in total. The van der Waals surface area contributed by atoms with Crippen LogP contribution in [0.4, 0.5) is 5.69 Å². The van der Waals surface area contributed by atoms with E-state index < -0.39 is 0 Å². The first-order valence-corrected chi connectivity index (χ1v) is 8.11. The smallest absolute Gasteiger partial charge is 0.204 e. The van der Waals surface area contributed by atoms with Gasteiger partial charge in [0, 0.05) is 19.2 Å². The van der Waals surface area contributed by atoms with Crippen molar-refractivity contribution in [2.45, 2.75) is 46.5 Å². The van der Waals surface area contributed by atoms with Gasteiger partial charge >= 0.3 is 0 Å².